The molecule has 0 unspecified atom stereocenters. The molecule has 0 fully saturated rings. The lowest BCUT2D eigenvalue weighted by molar-refractivity contribution is 0.0684. The van der Waals surface area contributed by atoms with Gasteiger partial charge < -0.3 is 10.2 Å². The number of sulfonamides is 2. The second-order valence-electron chi connectivity index (χ2n) is 13.8. The van der Waals surface area contributed by atoms with Crippen molar-refractivity contribution in [3.05, 3.63) is 188 Å². The summed E-state index contributed by atoms with van der Waals surface area (Å²) in [4.78, 5) is 22.9. The molecule has 0 saturated heterocycles. The fraction of sp³-hybridized carbons (Fsp3) is 0.156. The summed E-state index contributed by atoms with van der Waals surface area (Å²) in [5, 5.41) is 19.0. The van der Waals surface area contributed by atoms with Gasteiger partial charge in [-0.3, -0.25) is 9.44 Å². The maximum Gasteiger partial charge on any atom is 0.335 e. The summed E-state index contributed by atoms with van der Waals surface area (Å²) in [6, 6.07) is 35.8. The first-order chi connectivity index (χ1) is 27.9. The molecule has 10 nitrogen and oxygen atoms in total. The topological polar surface area (TPSA) is 167 Å². The van der Waals surface area contributed by atoms with Crippen LogP contribution >= 0.6 is 23.2 Å². The predicted molar refractivity (Wildman–Crippen MR) is 233 cm³/mol. The van der Waals surface area contributed by atoms with Gasteiger partial charge in [-0.1, -0.05) is 102 Å². The quantitative estimate of drug-likeness (QED) is 0.0839. The van der Waals surface area contributed by atoms with E-state index < -0.39 is 32.0 Å². The van der Waals surface area contributed by atoms with Crippen LogP contribution in [-0.2, 0) is 45.7 Å². The minimum Gasteiger partial charge on any atom is -0.478 e. The van der Waals surface area contributed by atoms with Gasteiger partial charge in [-0.05, 0) is 134 Å². The van der Waals surface area contributed by atoms with Crippen molar-refractivity contribution in [2.75, 3.05) is 9.44 Å². The Morgan fingerprint density at radius 1 is 0.542 bits per heavy atom. The van der Waals surface area contributed by atoms with E-state index in [0.717, 1.165) is 27.8 Å². The highest BCUT2D eigenvalue weighted by Gasteiger charge is 2.21. The molecule has 0 aliphatic heterocycles. The van der Waals surface area contributed by atoms with Gasteiger partial charge in [0, 0.05) is 16.4 Å². The van der Waals surface area contributed by atoms with E-state index in [1.165, 1.54) is 18.2 Å². The molecular formula is C45H42Cl2N2O8S2. The maximum absolute atomic E-state index is 13.0. The van der Waals surface area contributed by atoms with Crippen LogP contribution in [0.5, 0.6) is 0 Å². The smallest absolute Gasteiger partial charge is 0.335 e. The Morgan fingerprint density at radius 2 is 1.00 bits per heavy atom. The number of carbonyl (C=O) groups is 2. The number of anilines is 2. The largest absolute Gasteiger partial charge is 0.478 e. The summed E-state index contributed by atoms with van der Waals surface area (Å²) in [6.45, 7) is 5.53. The van der Waals surface area contributed by atoms with Crippen molar-refractivity contribution in [1.29, 1.82) is 0 Å². The molecule has 4 N–H and O–H groups in total. The average molecular weight is 874 g/mol. The molecule has 0 aromatic heterocycles. The molecule has 0 radical (unpaired) electrons. The second-order valence-corrected chi connectivity index (χ2v) is 18.0. The fourth-order valence-corrected chi connectivity index (χ4v) is 10.0. The normalized spacial score (nSPS) is 11.3. The molecule has 0 atom stereocenters. The van der Waals surface area contributed by atoms with Crippen LogP contribution < -0.4 is 9.44 Å². The number of carboxylic acids is 2. The van der Waals surface area contributed by atoms with E-state index in [4.69, 9.17) is 23.2 Å². The number of aryl methyl sites for hydroxylation is 7. The summed E-state index contributed by atoms with van der Waals surface area (Å²) < 4.78 is 56.5. The van der Waals surface area contributed by atoms with Crippen LogP contribution in [0.1, 0.15) is 59.7 Å². The zero-order chi connectivity index (χ0) is 42.9. The van der Waals surface area contributed by atoms with Crippen LogP contribution in [0.4, 0.5) is 11.4 Å². The van der Waals surface area contributed by atoms with Crippen LogP contribution in [0, 0.1) is 20.8 Å². The lowest BCUT2D eigenvalue weighted by Crippen LogP contribution is -2.16. The molecule has 0 amide bonds. The Morgan fingerprint density at radius 3 is 1.47 bits per heavy atom. The molecule has 0 bridgehead atoms. The molecule has 59 heavy (non-hydrogen) atoms. The number of hydrogen-bond donors (Lipinski definition) is 4. The van der Waals surface area contributed by atoms with Crippen molar-refractivity contribution in [1.82, 2.24) is 0 Å². The van der Waals surface area contributed by atoms with Gasteiger partial charge in [0.25, 0.3) is 20.0 Å². The third-order valence-electron chi connectivity index (χ3n) is 9.28. The molecule has 14 heteroatoms. The highest BCUT2D eigenvalue weighted by atomic mass is 35.5. The van der Waals surface area contributed by atoms with Crippen LogP contribution in [0.2, 0.25) is 10.0 Å². The molecule has 6 aromatic rings. The van der Waals surface area contributed by atoms with Gasteiger partial charge in [0.1, 0.15) is 4.90 Å². The van der Waals surface area contributed by atoms with Gasteiger partial charge in [-0.25, -0.2) is 26.4 Å². The van der Waals surface area contributed by atoms with Gasteiger partial charge in [0.05, 0.1) is 21.0 Å². The standard InChI is InChI=1S/C24H25NO4S.C21H17Cl2NO4S/c1-16-13-17(2)23(18(3)14-16)30(28,29)25-21-9-6-7-19(15-21)11-12-20-8-4-5-10-22(20)24(26)27;22-16-10-11-19(23)20(13-16)29(27,28)24-17-6-3-4-14(12-17)8-9-15-5-1-2-7-18(15)21(25)26/h4-10,13-15,25H,11-12H2,1-3H3,(H,26,27);1-7,10-13,24H,8-9H2,(H,25,26). The second kappa shape index (κ2) is 19.4. The minimum absolute atomic E-state index is 0.0725. The number of halogens is 2. The van der Waals surface area contributed by atoms with Crippen molar-refractivity contribution in [2.24, 2.45) is 0 Å². The maximum atomic E-state index is 13.0. The Kier molecular flexibility index (Phi) is 14.6. The monoisotopic (exact) mass is 872 g/mol. The van der Waals surface area contributed by atoms with Crippen LogP contribution in [0.25, 0.3) is 0 Å². The highest BCUT2D eigenvalue weighted by Crippen LogP contribution is 2.28. The summed E-state index contributed by atoms with van der Waals surface area (Å²) in [6.07, 6.45) is 2.22. The Hall–Kier alpha value is -5.66. The van der Waals surface area contributed by atoms with E-state index in [-0.39, 0.29) is 20.5 Å². The van der Waals surface area contributed by atoms with E-state index >= 15 is 0 Å². The van der Waals surface area contributed by atoms with Crippen molar-refractivity contribution in [2.45, 2.75) is 56.2 Å². The van der Waals surface area contributed by atoms with E-state index in [0.29, 0.717) is 58.6 Å². The van der Waals surface area contributed by atoms with Crippen molar-refractivity contribution in [3.63, 3.8) is 0 Å². The summed E-state index contributed by atoms with van der Waals surface area (Å²) >= 11 is 11.9. The molecule has 0 aliphatic carbocycles. The van der Waals surface area contributed by atoms with Gasteiger partial charge in [0.15, 0.2) is 0 Å². The van der Waals surface area contributed by atoms with E-state index in [9.17, 15) is 36.6 Å². The zero-order valence-corrected chi connectivity index (χ0v) is 35.5. The molecule has 6 rings (SSSR count). The Balaban J connectivity index is 0.000000224. The van der Waals surface area contributed by atoms with E-state index in [2.05, 4.69) is 9.44 Å². The van der Waals surface area contributed by atoms with Crippen LogP contribution in [0.15, 0.2) is 137 Å². The zero-order valence-electron chi connectivity index (χ0n) is 32.4. The summed E-state index contributed by atoms with van der Waals surface area (Å²) in [7, 11) is -7.63. The van der Waals surface area contributed by atoms with E-state index in [1.807, 2.05) is 37.3 Å². The van der Waals surface area contributed by atoms with Gasteiger partial charge in [-0.15, -0.1) is 0 Å². The van der Waals surface area contributed by atoms with Crippen molar-refractivity contribution < 1.29 is 36.6 Å². The number of benzene rings is 6. The Labute approximate surface area is 354 Å². The number of hydrogen-bond acceptors (Lipinski definition) is 6. The lowest BCUT2D eigenvalue weighted by atomic mass is 10.00. The lowest BCUT2D eigenvalue weighted by Gasteiger charge is -2.14. The first-order valence-corrected chi connectivity index (χ1v) is 22.0. The van der Waals surface area contributed by atoms with Crippen molar-refractivity contribution in [3.8, 4) is 0 Å². The molecule has 0 heterocycles. The van der Waals surface area contributed by atoms with Gasteiger partial charge in [-0.2, -0.15) is 0 Å². The van der Waals surface area contributed by atoms with Gasteiger partial charge >= 0.3 is 11.9 Å². The molecule has 0 aliphatic rings. The summed E-state index contributed by atoms with van der Waals surface area (Å²) in [5.74, 6) is -1.92. The fourth-order valence-electron chi connectivity index (χ4n) is 6.72. The molecule has 0 spiro atoms. The molecule has 6 aromatic carbocycles. The molecular weight excluding hydrogens is 832 g/mol. The Bertz CT molecular complexity index is 2720. The molecule has 0 saturated carbocycles. The first kappa shape index (κ1) is 44.4. The third kappa shape index (κ3) is 12.0. The predicted octanol–water partition coefficient (Wildman–Crippen LogP) is 10.2. The summed E-state index contributed by atoms with van der Waals surface area (Å²) in [5.41, 5.74) is 7.12. The third-order valence-corrected chi connectivity index (χ3v) is 13.1. The molecule has 306 valence electrons. The van der Waals surface area contributed by atoms with E-state index in [1.54, 1.807) is 92.7 Å². The van der Waals surface area contributed by atoms with Gasteiger partial charge in [0.2, 0.25) is 0 Å². The average Bonchev–Trinajstić information content (AvgIpc) is 3.17. The van der Waals surface area contributed by atoms with Crippen LogP contribution in [-0.4, -0.2) is 39.0 Å². The SMILES string of the molecule is Cc1cc(C)c(S(=O)(=O)Nc2cccc(CCc3ccccc3C(=O)O)c2)c(C)c1.O=C(O)c1ccccc1CCc1cccc(NS(=O)(=O)c2cc(Cl)ccc2Cl)c1. The minimum atomic E-state index is -3.91. The first-order valence-electron chi connectivity index (χ1n) is 18.3. The van der Waals surface area contributed by atoms with Crippen molar-refractivity contribution >= 4 is 66.6 Å². The highest BCUT2D eigenvalue weighted by molar-refractivity contribution is 7.93. The number of carboxylic acid groups (broad SMARTS) is 2. The number of rotatable bonds is 14. The number of nitrogens with one attached hydrogen (secondary N) is 2. The van der Waals surface area contributed by atoms with Crippen LogP contribution in [0.3, 0.4) is 0 Å². The number of aromatic carboxylic acids is 2.